The quantitative estimate of drug-likeness (QED) is 0.654. The smallest absolute Gasteiger partial charge is 0.160 e. The van der Waals surface area contributed by atoms with E-state index in [0.29, 0.717) is 0 Å². The molecule has 1 aromatic carbocycles. The van der Waals surface area contributed by atoms with Crippen LogP contribution in [0.15, 0.2) is 18.2 Å². The van der Waals surface area contributed by atoms with Gasteiger partial charge in [-0.25, -0.2) is 0 Å². The highest BCUT2D eigenvalue weighted by Crippen LogP contribution is 2.32. The maximum atomic E-state index is 9.32. The third kappa shape index (κ3) is 2.98. The van der Waals surface area contributed by atoms with E-state index in [2.05, 4.69) is 0 Å². The van der Waals surface area contributed by atoms with Crippen molar-refractivity contribution >= 4 is 0 Å². The second kappa shape index (κ2) is 5.46. The van der Waals surface area contributed by atoms with E-state index in [1.54, 1.807) is 12.1 Å². The molecule has 13 heavy (non-hydrogen) atoms. The van der Waals surface area contributed by atoms with Gasteiger partial charge < -0.3 is 10.2 Å². The number of hydrogen-bond acceptors (Lipinski definition) is 2. The molecule has 0 atom stereocenters. The van der Waals surface area contributed by atoms with Gasteiger partial charge in [-0.3, -0.25) is 0 Å². The Kier molecular flexibility index (Phi) is 4.97. The summed E-state index contributed by atoms with van der Waals surface area (Å²) < 4.78 is 0. The molecule has 0 aliphatic heterocycles. The number of phenols is 2. The Bertz CT molecular complexity index is 254. The zero-order valence-corrected chi connectivity index (χ0v) is 8.70. The van der Waals surface area contributed by atoms with Crippen molar-refractivity contribution in [3.8, 4) is 11.5 Å². The molecule has 0 aliphatic rings. The van der Waals surface area contributed by atoms with Crippen molar-refractivity contribution in [1.82, 2.24) is 0 Å². The number of aromatic hydroxyl groups is 2. The molecular formula is C11H18O2. The Labute approximate surface area is 79.9 Å². The largest absolute Gasteiger partial charge is 0.504 e. The van der Waals surface area contributed by atoms with Crippen molar-refractivity contribution in [3.05, 3.63) is 23.8 Å². The van der Waals surface area contributed by atoms with E-state index in [1.807, 2.05) is 27.7 Å². The number of phenolic OH excluding ortho intramolecular Hbond substituents is 2. The number of hydrogen-bond donors (Lipinski definition) is 2. The molecule has 0 saturated carbocycles. The first kappa shape index (κ1) is 11.8. The van der Waals surface area contributed by atoms with E-state index in [4.69, 9.17) is 5.11 Å². The summed E-state index contributed by atoms with van der Waals surface area (Å²) in [5.74, 6) is 0.195. The molecule has 1 rings (SSSR count). The summed E-state index contributed by atoms with van der Waals surface area (Å²) in [7, 11) is 0. The standard InChI is InChI=1S/C9H12O2.C2H6/c1-6(2)7-4-3-5-8(10)9(7)11;1-2/h3-6,10-11H,1-2H3;1-2H3. The first-order chi connectivity index (χ1) is 6.13. The van der Waals surface area contributed by atoms with E-state index in [0.717, 1.165) is 5.56 Å². The van der Waals surface area contributed by atoms with Crippen LogP contribution in [-0.2, 0) is 0 Å². The molecule has 2 heteroatoms. The Balaban J connectivity index is 0.000000671. The summed E-state index contributed by atoms with van der Waals surface area (Å²) in [5.41, 5.74) is 0.782. The lowest BCUT2D eigenvalue weighted by Crippen LogP contribution is -1.86. The van der Waals surface area contributed by atoms with E-state index >= 15 is 0 Å². The Hall–Kier alpha value is -1.18. The van der Waals surface area contributed by atoms with Gasteiger partial charge in [-0.05, 0) is 12.0 Å². The number of rotatable bonds is 1. The molecule has 0 unspecified atom stereocenters. The third-order valence-corrected chi connectivity index (χ3v) is 1.67. The normalized spacial score (nSPS) is 9.31. The van der Waals surface area contributed by atoms with Gasteiger partial charge in [-0.1, -0.05) is 39.8 Å². The van der Waals surface area contributed by atoms with E-state index < -0.39 is 0 Å². The van der Waals surface area contributed by atoms with Crippen molar-refractivity contribution in [1.29, 1.82) is 0 Å². The van der Waals surface area contributed by atoms with Gasteiger partial charge in [-0.2, -0.15) is 0 Å². The lowest BCUT2D eigenvalue weighted by molar-refractivity contribution is 0.397. The molecule has 1 aromatic rings. The first-order valence-corrected chi connectivity index (χ1v) is 4.63. The van der Waals surface area contributed by atoms with Crippen LogP contribution in [0.1, 0.15) is 39.2 Å². The molecule has 0 radical (unpaired) electrons. The molecule has 2 N–H and O–H groups in total. The van der Waals surface area contributed by atoms with Crippen molar-refractivity contribution in [3.63, 3.8) is 0 Å². The van der Waals surface area contributed by atoms with Gasteiger partial charge >= 0.3 is 0 Å². The molecule has 0 aliphatic carbocycles. The Morgan fingerprint density at radius 3 is 2.00 bits per heavy atom. The van der Waals surface area contributed by atoms with Crippen LogP contribution in [0.25, 0.3) is 0 Å². The highest BCUT2D eigenvalue weighted by Gasteiger charge is 2.07. The third-order valence-electron chi connectivity index (χ3n) is 1.67. The molecular weight excluding hydrogens is 164 g/mol. The SMILES string of the molecule is CC.CC(C)c1cccc(O)c1O. The first-order valence-electron chi connectivity index (χ1n) is 4.63. The predicted octanol–water partition coefficient (Wildman–Crippen LogP) is 3.25. The molecule has 0 bridgehead atoms. The highest BCUT2D eigenvalue weighted by molar-refractivity contribution is 5.45. The molecule has 2 nitrogen and oxygen atoms in total. The number of para-hydroxylation sites is 1. The Morgan fingerprint density at radius 1 is 1.08 bits per heavy atom. The van der Waals surface area contributed by atoms with Gasteiger partial charge in [0.05, 0.1) is 0 Å². The predicted molar refractivity (Wildman–Crippen MR) is 55.2 cm³/mol. The van der Waals surface area contributed by atoms with Crippen LogP contribution in [0.4, 0.5) is 0 Å². The van der Waals surface area contributed by atoms with Crippen molar-refractivity contribution < 1.29 is 10.2 Å². The molecule has 0 amide bonds. The molecule has 0 aromatic heterocycles. The van der Waals surface area contributed by atoms with E-state index in [1.165, 1.54) is 6.07 Å². The molecule has 0 heterocycles. The van der Waals surface area contributed by atoms with E-state index in [9.17, 15) is 5.11 Å². The van der Waals surface area contributed by atoms with Crippen LogP contribution in [0.2, 0.25) is 0 Å². The second-order valence-electron chi connectivity index (χ2n) is 2.87. The van der Waals surface area contributed by atoms with Gasteiger partial charge in [0.2, 0.25) is 0 Å². The van der Waals surface area contributed by atoms with Gasteiger partial charge in [0.1, 0.15) is 0 Å². The summed E-state index contributed by atoms with van der Waals surface area (Å²) in [4.78, 5) is 0. The van der Waals surface area contributed by atoms with Crippen LogP contribution in [0.3, 0.4) is 0 Å². The van der Waals surface area contributed by atoms with Crippen molar-refractivity contribution in [2.45, 2.75) is 33.6 Å². The minimum Gasteiger partial charge on any atom is -0.504 e. The van der Waals surface area contributed by atoms with Crippen molar-refractivity contribution in [2.75, 3.05) is 0 Å². The fourth-order valence-electron chi connectivity index (χ4n) is 1.01. The summed E-state index contributed by atoms with van der Waals surface area (Å²) in [6.45, 7) is 7.93. The average Bonchev–Trinajstić information content (AvgIpc) is 2.13. The highest BCUT2D eigenvalue weighted by atomic mass is 16.3. The second-order valence-corrected chi connectivity index (χ2v) is 2.87. The van der Waals surface area contributed by atoms with Gasteiger partial charge in [-0.15, -0.1) is 0 Å². The maximum Gasteiger partial charge on any atom is 0.160 e. The minimum atomic E-state index is -0.0452. The van der Waals surface area contributed by atoms with Gasteiger partial charge in [0.15, 0.2) is 11.5 Å². The fourth-order valence-corrected chi connectivity index (χ4v) is 1.01. The summed E-state index contributed by atoms with van der Waals surface area (Å²) in [5, 5.41) is 18.4. The number of benzene rings is 1. The van der Waals surface area contributed by atoms with Crippen molar-refractivity contribution in [2.24, 2.45) is 0 Å². The zero-order valence-electron chi connectivity index (χ0n) is 8.70. The molecule has 0 spiro atoms. The minimum absolute atomic E-state index is 0.00231. The topological polar surface area (TPSA) is 40.5 Å². The molecule has 0 fully saturated rings. The monoisotopic (exact) mass is 182 g/mol. The Morgan fingerprint density at radius 2 is 1.62 bits per heavy atom. The molecule has 74 valence electrons. The average molecular weight is 182 g/mol. The van der Waals surface area contributed by atoms with E-state index in [-0.39, 0.29) is 17.4 Å². The summed E-state index contributed by atoms with van der Waals surface area (Å²) >= 11 is 0. The summed E-state index contributed by atoms with van der Waals surface area (Å²) in [6, 6.07) is 5.01. The zero-order chi connectivity index (χ0) is 10.4. The van der Waals surface area contributed by atoms with Gasteiger partial charge in [0, 0.05) is 5.56 Å². The van der Waals surface area contributed by atoms with Crippen LogP contribution in [0.5, 0.6) is 11.5 Å². The lowest BCUT2D eigenvalue weighted by Gasteiger charge is -2.08. The summed E-state index contributed by atoms with van der Waals surface area (Å²) in [6.07, 6.45) is 0. The van der Waals surface area contributed by atoms with Gasteiger partial charge in [0.25, 0.3) is 0 Å². The van der Waals surface area contributed by atoms with Crippen LogP contribution >= 0.6 is 0 Å². The lowest BCUT2D eigenvalue weighted by atomic mass is 10.0. The molecule has 0 saturated heterocycles. The van der Waals surface area contributed by atoms with Crippen LogP contribution in [-0.4, -0.2) is 10.2 Å². The maximum absolute atomic E-state index is 9.32. The van der Waals surface area contributed by atoms with Crippen LogP contribution in [0, 0.1) is 0 Å². The fraction of sp³-hybridized carbons (Fsp3) is 0.455. The van der Waals surface area contributed by atoms with Crippen LogP contribution < -0.4 is 0 Å².